The topological polar surface area (TPSA) is 92.8 Å². The summed E-state index contributed by atoms with van der Waals surface area (Å²) in [6.45, 7) is 3.29. The zero-order valence-corrected chi connectivity index (χ0v) is 18.1. The Morgan fingerprint density at radius 3 is 3.07 bits per heavy atom. The molecule has 0 aliphatic carbocycles. The average Bonchev–Trinajstić information content (AvgIpc) is 3.51. The first-order valence-electron chi connectivity index (χ1n) is 9.70. The maximum atomic E-state index is 12.7. The van der Waals surface area contributed by atoms with Crippen LogP contribution in [-0.4, -0.2) is 38.6 Å². The van der Waals surface area contributed by atoms with E-state index in [1.807, 2.05) is 24.4 Å². The molecule has 0 saturated carbocycles. The van der Waals surface area contributed by atoms with Crippen molar-refractivity contribution in [3.8, 4) is 16.8 Å². The molecule has 9 heteroatoms. The van der Waals surface area contributed by atoms with Crippen molar-refractivity contribution in [1.29, 1.82) is 5.26 Å². The van der Waals surface area contributed by atoms with Crippen molar-refractivity contribution < 1.29 is 9.53 Å². The highest BCUT2D eigenvalue weighted by Gasteiger charge is 2.25. The molecule has 2 atom stereocenters. The Hall–Kier alpha value is -2.67. The number of thioether (sulfide) groups is 1. The molecular formula is C21H21N5O2S2. The Kier molecular flexibility index (Phi) is 6.47. The molecule has 1 amide bonds. The van der Waals surface area contributed by atoms with Gasteiger partial charge in [-0.15, -0.1) is 21.5 Å². The number of nitrogens with zero attached hydrogens (tertiary/aromatic N) is 4. The van der Waals surface area contributed by atoms with Crippen molar-refractivity contribution in [3.05, 3.63) is 47.3 Å². The van der Waals surface area contributed by atoms with Crippen molar-refractivity contribution >= 4 is 34.7 Å². The van der Waals surface area contributed by atoms with Crippen LogP contribution in [0.4, 0.5) is 5.69 Å². The second kappa shape index (κ2) is 9.43. The SMILES string of the molecule is CC(Sc1nnc(-c2cccs2)n1CC1CCCO1)C(=O)Nc1cccc(C#N)c1. The minimum Gasteiger partial charge on any atom is -0.376 e. The summed E-state index contributed by atoms with van der Waals surface area (Å²) in [6, 6.07) is 13.0. The van der Waals surface area contributed by atoms with Gasteiger partial charge in [0.1, 0.15) is 0 Å². The molecule has 1 aromatic carbocycles. The molecule has 0 bridgehead atoms. The lowest BCUT2D eigenvalue weighted by Gasteiger charge is -2.16. The highest BCUT2D eigenvalue weighted by molar-refractivity contribution is 8.00. The van der Waals surface area contributed by atoms with E-state index in [0.29, 0.717) is 23.0 Å². The fraction of sp³-hybridized carbons (Fsp3) is 0.333. The predicted molar refractivity (Wildman–Crippen MR) is 117 cm³/mol. The highest BCUT2D eigenvalue weighted by atomic mass is 32.2. The van der Waals surface area contributed by atoms with Crippen LogP contribution in [0.3, 0.4) is 0 Å². The number of anilines is 1. The van der Waals surface area contributed by atoms with E-state index in [1.165, 1.54) is 11.8 Å². The number of hydrogen-bond donors (Lipinski definition) is 1. The first-order valence-corrected chi connectivity index (χ1v) is 11.5. The monoisotopic (exact) mass is 439 g/mol. The fourth-order valence-electron chi connectivity index (χ4n) is 3.24. The Bertz CT molecular complexity index is 1050. The second-order valence-electron chi connectivity index (χ2n) is 6.97. The number of amides is 1. The molecule has 2 unspecified atom stereocenters. The van der Waals surface area contributed by atoms with Gasteiger partial charge in [-0.2, -0.15) is 5.26 Å². The van der Waals surface area contributed by atoms with Crippen LogP contribution in [0.25, 0.3) is 10.7 Å². The van der Waals surface area contributed by atoms with Crippen molar-refractivity contribution in [1.82, 2.24) is 14.8 Å². The van der Waals surface area contributed by atoms with Crippen molar-refractivity contribution in [2.45, 2.75) is 42.8 Å². The van der Waals surface area contributed by atoms with E-state index in [2.05, 4.69) is 26.2 Å². The lowest BCUT2D eigenvalue weighted by Crippen LogP contribution is -2.23. The van der Waals surface area contributed by atoms with E-state index in [4.69, 9.17) is 10.00 Å². The van der Waals surface area contributed by atoms with Gasteiger partial charge in [-0.1, -0.05) is 23.9 Å². The summed E-state index contributed by atoms with van der Waals surface area (Å²) in [5.74, 6) is 0.650. The van der Waals surface area contributed by atoms with Gasteiger partial charge in [-0.3, -0.25) is 9.36 Å². The number of nitrogens with one attached hydrogen (secondary N) is 1. The molecule has 1 aliphatic heterocycles. The summed E-state index contributed by atoms with van der Waals surface area (Å²) in [6.07, 6.45) is 2.21. The summed E-state index contributed by atoms with van der Waals surface area (Å²) in [5.41, 5.74) is 1.11. The molecule has 3 aromatic rings. The van der Waals surface area contributed by atoms with Crippen molar-refractivity contribution in [3.63, 3.8) is 0 Å². The maximum absolute atomic E-state index is 12.7. The van der Waals surface area contributed by atoms with Gasteiger partial charge in [0.25, 0.3) is 0 Å². The van der Waals surface area contributed by atoms with Crippen LogP contribution in [0.5, 0.6) is 0 Å². The van der Waals surface area contributed by atoms with Gasteiger partial charge in [0, 0.05) is 12.3 Å². The number of thiophene rings is 1. The van der Waals surface area contributed by atoms with E-state index in [-0.39, 0.29) is 17.3 Å². The van der Waals surface area contributed by atoms with Gasteiger partial charge < -0.3 is 10.1 Å². The number of hydrogen-bond acceptors (Lipinski definition) is 7. The first-order chi connectivity index (χ1) is 14.6. The van der Waals surface area contributed by atoms with E-state index in [9.17, 15) is 4.79 Å². The summed E-state index contributed by atoms with van der Waals surface area (Å²) < 4.78 is 7.88. The molecule has 30 heavy (non-hydrogen) atoms. The molecule has 1 aliphatic rings. The quantitative estimate of drug-likeness (QED) is 0.555. The largest absolute Gasteiger partial charge is 0.376 e. The number of rotatable bonds is 7. The molecule has 3 heterocycles. The van der Waals surface area contributed by atoms with E-state index in [0.717, 1.165) is 30.2 Å². The average molecular weight is 440 g/mol. The van der Waals surface area contributed by atoms with Crippen LogP contribution in [0.1, 0.15) is 25.3 Å². The molecule has 1 N–H and O–H groups in total. The normalized spacial score (nSPS) is 16.9. The van der Waals surface area contributed by atoms with Gasteiger partial charge in [-0.25, -0.2) is 0 Å². The lowest BCUT2D eigenvalue weighted by atomic mass is 10.2. The standard InChI is InChI=1S/C21H21N5O2S2/c1-14(20(27)23-16-6-2-5-15(11-16)12-22)30-21-25-24-19(18-8-4-10-29-18)26(21)13-17-7-3-9-28-17/h2,4-6,8,10-11,14,17H,3,7,9,13H2,1H3,(H,23,27). The number of nitriles is 1. The molecule has 7 nitrogen and oxygen atoms in total. The lowest BCUT2D eigenvalue weighted by molar-refractivity contribution is -0.115. The molecule has 4 rings (SSSR count). The number of ether oxygens (including phenoxy) is 1. The second-order valence-corrected chi connectivity index (χ2v) is 9.23. The highest BCUT2D eigenvalue weighted by Crippen LogP contribution is 2.31. The summed E-state index contributed by atoms with van der Waals surface area (Å²) in [7, 11) is 0. The molecule has 1 saturated heterocycles. The zero-order chi connectivity index (χ0) is 20.9. The van der Waals surface area contributed by atoms with Gasteiger partial charge in [0.2, 0.25) is 5.91 Å². The van der Waals surface area contributed by atoms with Crippen LogP contribution in [-0.2, 0) is 16.1 Å². The molecule has 154 valence electrons. The van der Waals surface area contributed by atoms with Crippen LogP contribution in [0.2, 0.25) is 0 Å². The molecule has 0 radical (unpaired) electrons. The molecule has 1 fully saturated rings. The number of carbonyl (C=O) groups excluding carboxylic acids is 1. The van der Waals surface area contributed by atoms with Crippen LogP contribution >= 0.6 is 23.1 Å². The summed E-state index contributed by atoms with van der Waals surface area (Å²) >= 11 is 2.98. The number of carbonyl (C=O) groups is 1. The van der Waals surface area contributed by atoms with E-state index in [1.54, 1.807) is 35.6 Å². The van der Waals surface area contributed by atoms with Crippen LogP contribution in [0.15, 0.2) is 46.9 Å². The Morgan fingerprint density at radius 1 is 1.43 bits per heavy atom. The Labute approximate surface area is 183 Å². The molecular weight excluding hydrogens is 418 g/mol. The van der Waals surface area contributed by atoms with Crippen molar-refractivity contribution in [2.24, 2.45) is 0 Å². The van der Waals surface area contributed by atoms with Crippen LogP contribution < -0.4 is 5.32 Å². The van der Waals surface area contributed by atoms with Gasteiger partial charge in [-0.05, 0) is 49.4 Å². The molecule has 2 aromatic heterocycles. The summed E-state index contributed by atoms with van der Waals surface area (Å²) in [4.78, 5) is 13.8. The zero-order valence-electron chi connectivity index (χ0n) is 16.4. The Balaban J connectivity index is 1.51. The van der Waals surface area contributed by atoms with Gasteiger partial charge >= 0.3 is 0 Å². The Morgan fingerprint density at radius 2 is 2.33 bits per heavy atom. The van der Waals surface area contributed by atoms with Crippen LogP contribution in [0, 0.1) is 11.3 Å². The van der Waals surface area contributed by atoms with Gasteiger partial charge in [0.15, 0.2) is 11.0 Å². The third kappa shape index (κ3) is 4.73. The fourth-order valence-corrected chi connectivity index (χ4v) is 4.82. The van der Waals surface area contributed by atoms with E-state index < -0.39 is 0 Å². The minimum atomic E-state index is -0.389. The number of aromatic nitrogens is 3. The predicted octanol–water partition coefficient (Wildman–Crippen LogP) is 4.18. The first kappa shape index (κ1) is 20.6. The third-order valence-corrected chi connectivity index (χ3v) is 6.73. The smallest absolute Gasteiger partial charge is 0.237 e. The van der Waals surface area contributed by atoms with E-state index >= 15 is 0 Å². The van der Waals surface area contributed by atoms with Gasteiger partial charge in [0.05, 0.1) is 34.4 Å². The number of benzene rings is 1. The maximum Gasteiger partial charge on any atom is 0.237 e. The molecule has 0 spiro atoms. The summed E-state index contributed by atoms with van der Waals surface area (Å²) in [5, 5.41) is 23.0. The third-order valence-electron chi connectivity index (χ3n) is 4.78. The van der Waals surface area contributed by atoms with Crippen molar-refractivity contribution in [2.75, 3.05) is 11.9 Å². The minimum absolute atomic E-state index is 0.136.